The summed E-state index contributed by atoms with van der Waals surface area (Å²) in [5.74, 6) is 0.0259. The van der Waals surface area contributed by atoms with Gasteiger partial charge in [0.25, 0.3) is 0 Å². The molecule has 4 heteroatoms. The third-order valence-electron chi connectivity index (χ3n) is 4.88. The number of aromatic nitrogens is 1. The van der Waals surface area contributed by atoms with Crippen molar-refractivity contribution in [3.63, 3.8) is 0 Å². The van der Waals surface area contributed by atoms with Gasteiger partial charge in [0.2, 0.25) is 5.89 Å². The SMILES string of the molecule is C[C@@H]1CCCCN1Cc1ccc2oc(-c3ccccc3F)nc2c1. The number of halogens is 1. The molecule has 2 aromatic carbocycles. The number of rotatable bonds is 3. The predicted octanol–water partition coefficient (Wildman–Crippen LogP) is 5.01. The lowest BCUT2D eigenvalue weighted by molar-refractivity contribution is 0.152. The average Bonchev–Trinajstić information content (AvgIpc) is 3.00. The van der Waals surface area contributed by atoms with E-state index >= 15 is 0 Å². The topological polar surface area (TPSA) is 29.3 Å². The highest BCUT2D eigenvalue weighted by atomic mass is 19.1. The molecule has 2 heterocycles. The van der Waals surface area contributed by atoms with Gasteiger partial charge >= 0.3 is 0 Å². The number of piperidine rings is 1. The molecule has 0 bridgehead atoms. The molecule has 0 unspecified atom stereocenters. The van der Waals surface area contributed by atoms with Gasteiger partial charge in [-0.15, -0.1) is 0 Å². The summed E-state index contributed by atoms with van der Waals surface area (Å²) in [4.78, 5) is 7.01. The highest BCUT2D eigenvalue weighted by Crippen LogP contribution is 2.27. The molecule has 1 fully saturated rings. The average molecular weight is 324 g/mol. The van der Waals surface area contributed by atoms with Crippen LogP contribution in [0.4, 0.5) is 4.39 Å². The summed E-state index contributed by atoms with van der Waals surface area (Å²) >= 11 is 0. The van der Waals surface area contributed by atoms with Crippen LogP contribution in [0.15, 0.2) is 46.9 Å². The molecular formula is C20H21FN2O. The molecule has 1 aliphatic heterocycles. The van der Waals surface area contributed by atoms with Crippen LogP contribution in [0.2, 0.25) is 0 Å². The maximum absolute atomic E-state index is 13.9. The molecular weight excluding hydrogens is 303 g/mol. The first-order valence-corrected chi connectivity index (χ1v) is 8.59. The third-order valence-corrected chi connectivity index (χ3v) is 4.88. The van der Waals surface area contributed by atoms with E-state index < -0.39 is 0 Å². The van der Waals surface area contributed by atoms with Crippen LogP contribution in [0, 0.1) is 5.82 Å². The molecule has 0 aliphatic carbocycles. The van der Waals surface area contributed by atoms with Crippen molar-refractivity contribution in [1.29, 1.82) is 0 Å². The van der Waals surface area contributed by atoms with Crippen LogP contribution in [0.25, 0.3) is 22.6 Å². The number of likely N-dealkylation sites (tertiary alicyclic amines) is 1. The van der Waals surface area contributed by atoms with Gasteiger partial charge in [0.15, 0.2) is 5.58 Å². The zero-order valence-corrected chi connectivity index (χ0v) is 13.8. The predicted molar refractivity (Wildman–Crippen MR) is 93.1 cm³/mol. The Kier molecular flexibility index (Phi) is 4.07. The number of benzene rings is 2. The lowest BCUT2D eigenvalue weighted by Gasteiger charge is -2.33. The maximum Gasteiger partial charge on any atom is 0.230 e. The Bertz CT molecular complexity index is 858. The maximum atomic E-state index is 13.9. The fourth-order valence-corrected chi connectivity index (χ4v) is 3.45. The molecule has 4 rings (SSSR count). The molecule has 124 valence electrons. The number of oxazole rings is 1. The Balaban J connectivity index is 1.63. The van der Waals surface area contributed by atoms with E-state index in [0.29, 0.717) is 23.1 Å². The summed E-state index contributed by atoms with van der Waals surface area (Å²) in [5, 5.41) is 0. The Morgan fingerprint density at radius 2 is 2.08 bits per heavy atom. The molecule has 0 spiro atoms. The quantitative estimate of drug-likeness (QED) is 0.678. The summed E-state index contributed by atoms with van der Waals surface area (Å²) < 4.78 is 19.7. The van der Waals surface area contributed by atoms with Crippen molar-refractivity contribution < 1.29 is 8.81 Å². The normalized spacial score (nSPS) is 19.0. The Labute approximate surface area is 141 Å². The van der Waals surface area contributed by atoms with Crippen molar-refractivity contribution in [3.8, 4) is 11.5 Å². The van der Waals surface area contributed by atoms with E-state index in [1.54, 1.807) is 18.2 Å². The van der Waals surface area contributed by atoms with Gasteiger partial charge in [-0.2, -0.15) is 0 Å². The van der Waals surface area contributed by atoms with Crippen LogP contribution in [0.1, 0.15) is 31.7 Å². The number of fused-ring (bicyclic) bond motifs is 1. The van der Waals surface area contributed by atoms with Gasteiger partial charge in [-0.05, 0) is 56.1 Å². The van der Waals surface area contributed by atoms with Crippen LogP contribution in [-0.4, -0.2) is 22.5 Å². The summed E-state index contributed by atoms with van der Waals surface area (Å²) in [6.45, 7) is 4.38. The first-order valence-electron chi connectivity index (χ1n) is 8.59. The summed E-state index contributed by atoms with van der Waals surface area (Å²) in [6, 6.07) is 13.3. The van der Waals surface area contributed by atoms with E-state index in [9.17, 15) is 4.39 Å². The minimum atomic E-state index is -0.313. The monoisotopic (exact) mass is 324 g/mol. The van der Waals surface area contributed by atoms with Crippen molar-refractivity contribution in [3.05, 3.63) is 53.8 Å². The van der Waals surface area contributed by atoms with Gasteiger partial charge < -0.3 is 4.42 Å². The largest absolute Gasteiger partial charge is 0.436 e. The van der Waals surface area contributed by atoms with Crippen molar-refractivity contribution in [1.82, 2.24) is 9.88 Å². The van der Waals surface area contributed by atoms with E-state index in [0.717, 1.165) is 18.6 Å². The Hall–Kier alpha value is -2.20. The second-order valence-electron chi connectivity index (χ2n) is 6.62. The fraction of sp³-hybridized carbons (Fsp3) is 0.350. The van der Waals surface area contributed by atoms with E-state index in [1.807, 2.05) is 6.07 Å². The standard InChI is InChI=1S/C20H21FN2O/c1-14-6-4-5-11-23(14)13-15-9-10-19-18(12-15)22-20(24-19)16-7-2-3-8-17(16)21/h2-3,7-10,12,14H,4-6,11,13H2,1H3/t14-/m1/s1. The first-order chi connectivity index (χ1) is 11.7. The number of hydrogen-bond donors (Lipinski definition) is 0. The molecule has 0 amide bonds. The second-order valence-corrected chi connectivity index (χ2v) is 6.62. The van der Waals surface area contributed by atoms with Gasteiger partial charge in [0.1, 0.15) is 11.3 Å². The molecule has 0 N–H and O–H groups in total. The number of nitrogens with zero attached hydrogens (tertiary/aromatic N) is 2. The molecule has 1 aliphatic rings. The molecule has 3 nitrogen and oxygen atoms in total. The van der Waals surface area contributed by atoms with Crippen LogP contribution < -0.4 is 0 Å². The fourth-order valence-electron chi connectivity index (χ4n) is 3.45. The molecule has 0 radical (unpaired) electrons. The Morgan fingerprint density at radius 3 is 2.92 bits per heavy atom. The summed E-state index contributed by atoms with van der Waals surface area (Å²) in [6.07, 6.45) is 3.86. The molecule has 1 saturated heterocycles. The lowest BCUT2D eigenvalue weighted by atomic mass is 10.0. The smallest absolute Gasteiger partial charge is 0.230 e. The highest BCUT2D eigenvalue weighted by molar-refractivity contribution is 5.77. The first kappa shape index (κ1) is 15.3. The van der Waals surface area contributed by atoms with Gasteiger partial charge in [0.05, 0.1) is 5.56 Å². The van der Waals surface area contributed by atoms with E-state index in [-0.39, 0.29) is 5.82 Å². The Morgan fingerprint density at radius 1 is 1.21 bits per heavy atom. The molecule has 3 aromatic rings. The summed E-state index contributed by atoms with van der Waals surface area (Å²) in [5.41, 5.74) is 3.11. The van der Waals surface area contributed by atoms with Crippen molar-refractivity contribution in [2.24, 2.45) is 0 Å². The molecule has 24 heavy (non-hydrogen) atoms. The zero-order valence-electron chi connectivity index (χ0n) is 13.8. The van der Waals surface area contributed by atoms with Crippen LogP contribution >= 0.6 is 0 Å². The van der Waals surface area contributed by atoms with Gasteiger partial charge in [-0.1, -0.05) is 24.6 Å². The molecule has 1 atom stereocenters. The minimum absolute atomic E-state index is 0.313. The van der Waals surface area contributed by atoms with E-state index in [4.69, 9.17) is 4.42 Å². The highest BCUT2D eigenvalue weighted by Gasteiger charge is 2.19. The van der Waals surface area contributed by atoms with Gasteiger partial charge in [-0.3, -0.25) is 4.90 Å². The van der Waals surface area contributed by atoms with Crippen molar-refractivity contribution in [2.75, 3.05) is 6.54 Å². The van der Waals surface area contributed by atoms with E-state index in [2.05, 4.69) is 28.9 Å². The lowest BCUT2D eigenvalue weighted by Crippen LogP contribution is -2.36. The minimum Gasteiger partial charge on any atom is -0.436 e. The third kappa shape index (κ3) is 2.94. The van der Waals surface area contributed by atoms with Crippen molar-refractivity contribution in [2.45, 2.75) is 38.8 Å². The van der Waals surface area contributed by atoms with E-state index in [1.165, 1.54) is 30.9 Å². The van der Waals surface area contributed by atoms with Gasteiger partial charge in [-0.25, -0.2) is 9.37 Å². The van der Waals surface area contributed by atoms with Crippen molar-refractivity contribution >= 4 is 11.1 Å². The van der Waals surface area contributed by atoms with Crippen LogP contribution in [0.3, 0.4) is 0 Å². The number of hydrogen-bond acceptors (Lipinski definition) is 3. The van der Waals surface area contributed by atoms with Crippen LogP contribution in [0.5, 0.6) is 0 Å². The summed E-state index contributed by atoms with van der Waals surface area (Å²) in [7, 11) is 0. The van der Waals surface area contributed by atoms with Crippen LogP contribution in [-0.2, 0) is 6.54 Å². The molecule has 1 aromatic heterocycles. The zero-order chi connectivity index (χ0) is 16.5. The van der Waals surface area contributed by atoms with Gasteiger partial charge in [0, 0.05) is 12.6 Å². The second kappa shape index (κ2) is 6.36. The molecule has 0 saturated carbocycles.